The van der Waals surface area contributed by atoms with Gasteiger partial charge < -0.3 is 16.4 Å². The fourth-order valence-corrected chi connectivity index (χ4v) is 3.35. The van der Waals surface area contributed by atoms with Crippen LogP contribution in [0.1, 0.15) is 45.4 Å². The molecule has 1 aliphatic heterocycles. The molecule has 0 aromatic heterocycles. The zero-order valence-corrected chi connectivity index (χ0v) is 11.9. The third kappa shape index (κ3) is 2.64. The minimum absolute atomic E-state index is 0.0256. The van der Waals surface area contributed by atoms with E-state index in [9.17, 15) is 14.4 Å². The van der Waals surface area contributed by atoms with E-state index in [1.54, 1.807) is 0 Å². The molecule has 1 saturated carbocycles. The lowest BCUT2D eigenvalue weighted by atomic mass is 9.65. The summed E-state index contributed by atoms with van der Waals surface area (Å²) in [5.74, 6) is -0.342. The van der Waals surface area contributed by atoms with Crippen LogP contribution in [0.4, 0.5) is 0 Å². The number of nitrogens with two attached hydrogens (primary N) is 2. The van der Waals surface area contributed by atoms with Crippen LogP contribution in [0.15, 0.2) is 0 Å². The monoisotopic (exact) mass is 281 g/mol. The summed E-state index contributed by atoms with van der Waals surface area (Å²) >= 11 is 0. The van der Waals surface area contributed by atoms with Crippen LogP contribution in [-0.4, -0.2) is 35.2 Å². The highest BCUT2D eigenvalue weighted by molar-refractivity contribution is 5.94. The largest absolute Gasteiger partial charge is 0.370 e. The number of hydrogen-bond acceptors (Lipinski definition) is 3. The number of carbonyl (C=O) groups excluding carboxylic acids is 3. The number of β-lactam (4-membered cyclic amide) rings is 1. The molecular formula is C14H23N3O3. The Kier molecular flexibility index (Phi) is 4.01. The summed E-state index contributed by atoms with van der Waals surface area (Å²) in [5, 5.41) is 0. The highest BCUT2D eigenvalue weighted by Crippen LogP contribution is 2.47. The first kappa shape index (κ1) is 14.8. The maximum absolute atomic E-state index is 12.4. The fraction of sp³-hybridized carbons (Fsp3) is 0.786. The zero-order chi connectivity index (χ0) is 14.9. The molecule has 112 valence electrons. The summed E-state index contributed by atoms with van der Waals surface area (Å²) in [5.41, 5.74) is 10.2. The fourth-order valence-electron chi connectivity index (χ4n) is 3.35. The number of likely N-dealkylation sites (tertiary alicyclic amines) is 1. The number of primary amides is 2. The van der Waals surface area contributed by atoms with Crippen molar-refractivity contribution in [1.82, 2.24) is 4.90 Å². The SMILES string of the molecule is CC1CCC2(CC1)CN([C@H](CCC(N)=O)C(N)=O)C2=O. The molecule has 1 heterocycles. The van der Waals surface area contributed by atoms with Gasteiger partial charge >= 0.3 is 0 Å². The third-order valence-electron chi connectivity index (χ3n) is 4.79. The first-order chi connectivity index (χ1) is 9.35. The minimum atomic E-state index is -0.694. The quantitative estimate of drug-likeness (QED) is 0.700. The molecule has 0 unspecified atom stereocenters. The van der Waals surface area contributed by atoms with Gasteiger partial charge in [0.2, 0.25) is 17.7 Å². The molecule has 20 heavy (non-hydrogen) atoms. The van der Waals surface area contributed by atoms with E-state index in [0.29, 0.717) is 12.5 Å². The Bertz CT molecular complexity index is 427. The van der Waals surface area contributed by atoms with Crippen molar-refractivity contribution in [1.29, 1.82) is 0 Å². The van der Waals surface area contributed by atoms with E-state index in [1.807, 2.05) is 0 Å². The van der Waals surface area contributed by atoms with Gasteiger partial charge in [0.25, 0.3) is 0 Å². The first-order valence-corrected chi connectivity index (χ1v) is 7.24. The Morgan fingerprint density at radius 2 is 1.95 bits per heavy atom. The lowest BCUT2D eigenvalue weighted by Gasteiger charge is -2.53. The smallest absolute Gasteiger partial charge is 0.240 e. The summed E-state index contributed by atoms with van der Waals surface area (Å²) in [6.45, 7) is 2.79. The van der Waals surface area contributed by atoms with Crippen LogP contribution in [0.2, 0.25) is 0 Å². The molecule has 2 rings (SSSR count). The standard InChI is InChI=1S/C14H23N3O3/c1-9-4-6-14(7-5-9)8-17(13(14)20)10(12(16)19)2-3-11(15)18/h9-10H,2-8H2,1H3,(H2,15,18)(H2,16,19)/t9?,10-,14?/m1/s1. The van der Waals surface area contributed by atoms with Crippen LogP contribution < -0.4 is 11.5 Å². The Morgan fingerprint density at radius 1 is 1.35 bits per heavy atom. The van der Waals surface area contributed by atoms with Crippen molar-refractivity contribution in [2.75, 3.05) is 6.54 Å². The van der Waals surface area contributed by atoms with E-state index in [0.717, 1.165) is 25.7 Å². The molecule has 1 atom stereocenters. The average Bonchev–Trinajstić information content (AvgIpc) is 2.39. The van der Waals surface area contributed by atoms with Crippen LogP contribution in [0, 0.1) is 11.3 Å². The highest BCUT2D eigenvalue weighted by atomic mass is 16.2. The maximum Gasteiger partial charge on any atom is 0.240 e. The van der Waals surface area contributed by atoms with Crippen molar-refractivity contribution < 1.29 is 14.4 Å². The lowest BCUT2D eigenvalue weighted by Crippen LogP contribution is -2.67. The summed E-state index contributed by atoms with van der Waals surface area (Å²) in [6.07, 6.45) is 4.20. The van der Waals surface area contributed by atoms with Crippen LogP contribution in [0.25, 0.3) is 0 Å². The molecule has 0 bridgehead atoms. The van der Waals surface area contributed by atoms with Crippen molar-refractivity contribution in [2.45, 2.75) is 51.5 Å². The number of rotatable bonds is 5. The summed E-state index contributed by atoms with van der Waals surface area (Å²) in [4.78, 5) is 36.3. The highest BCUT2D eigenvalue weighted by Gasteiger charge is 2.55. The van der Waals surface area contributed by atoms with Crippen LogP contribution >= 0.6 is 0 Å². The Hall–Kier alpha value is -1.59. The molecule has 6 nitrogen and oxygen atoms in total. The summed E-state index contributed by atoms with van der Waals surface area (Å²) in [6, 6.07) is -0.694. The molecule has 2 fully saturated rings. The summed E-state index contributed by atoms with van der Waals surface area (Å²) in [7, 11) is 0. The molecule has 1 saturated heterocycles. The Balaban J connectivity index is 1.98. The van der Waals surface area contributed by atoms with Crippen LogP contribution in [0.5, 0.6) is 0 Å². The van der Waals surface area contributed by atoms with Crippen LogP contribution in [0.3, 0.4) is 0 Å². The predicted molar refractivity (Wildman–Crippen MR) is 73.2 cm³/mol. The minimum Gasteiger partial charge on any atom is -0.370 e. The van der Waals surface area contributed by atoms with E-state index in [1.165, 1.54) is 4.90 Å². The van der Waals surface area contributed by atoms with Gasteiger partial charge in [-0.3, -0.25) is 14.4 Å². The number of hydrogen-bond donors (Lipinski definition) is 2. The van der Waals surface area contributed by atoms with Crippen molar-refractivity contribution in [2.24, 2.45) is 22.8 Å². The van der Waals surface area contributed by atoms with Crippen LogP contribution in [-0.2, 0) is 14.4 Å². The van der Waals surface area contributed by atoms with E-state index in [4.69, 9.17) is 11.5 Å². The first-order valence-electron chi connectivity index (χ1n) is 7.24. The molecule has 4 N–H and O–H groups in total. The van der Waals surface area contributed by atoms with Gasteiger partial charge in [-0.15, -0.1) is 0 Å². The van der Waals surface area contributed by atoms with Gasteiger partial charge in [0.15, 0.2) is 0 Å². The second-order valence-corrected chi connectivity index (χ2v) is 6.32. The number of carbonyl (C=O) groups is 3. The Morgan fingerprint density at radius 3 is 2.40 bits per heavy atom. The van der Waals surface area contributed by atoms with Gasteiger partial charge in [0.05, 0.1) is 5.41 Å². The van der Waals surface area contributed by atoms with E-state index in [-0.39, 0.29) is 24.2 Å². The second kappa shape index (κ2) is 5.42. The predicted octanol–water partition coefficient (Wildman–Crippen LogP) is 0.145. The van der Waals surface area contributed by atoms with Crippen molar-refractivity contribution >= 4 is 17.7 Å². The lowest BCUT2D eigenvalue weighted by molar-refractivity contribution is -0.171. The molecule has 0 aromatic rings. The summed E-state index contributed by atoms with van der Waals surface area (Å²) < 4.78 is 0. The van der Waals surface area contributed by atoms with Gasteiger partial charge in [-0.2, -0.15) is 0 Å². The Labute approximate surface area is 118 Å². The van der Waals surface area contributed by atoms with E-state index < -0.39 is 17.9 Å². The molecule has 1 aliphatic carbocycles. The van der Waals surface area contributed by atoms with Crippen molar-refractivity contribution in [3.63, 3.8) is 0 Å². The second-order valence-electron chi connectivity index (χ2n) is 6.32. The van der Waals surface area contributed by atoms with E-state index >= 15 is 0 Å². The molecule has 6 heteroatoms. The van der Waals surface area contributed by atoms with E-state index in [2.05, 4.69) is 6.92 Å². The molecule has 1 spiro atoms. The van der Waals surface area contributed by atoms with Crippen molar-refractivity contribution in [3.05, 3.63) is 0 Å². The number of nitrogens with zero attached hydrogens (tertiary/aromatic N) is 1. The van der Waals surface area contributed by atoms with Gasteiger partial charge in [0.1, 0.15) is 6.04 Å². The molecule has 0 radical (unpaired) electrons. The van der Waals surface area contributed by atoms with Gasteiger partial charge in [-0.25, -0.2) is 0 Å². The number of amides is 3. The third-order valence-corrected chi connectivity index (χ3v) is 4.79. The normalized spacial score (nSPS) is 30.9. The van der Waals surface area contributed by atoms with Crippen molar-refractivity contribution in [3.8, 4) is 0 Å². The molecule has 2 aliphatic rings. The average molecular weight is 281 g/mol. The topological polar surface area (TPSA) is 106 Å². The zero-order valence-electron chi connectivity index (χ0n) is 11.9. The van der Waals surface area contributed by atoms with Gasteiger partial charge in [-0.05, 0) is 38.0 Å². The molecular weight excluding hydrogens is 258 g/mol. The van der Waals surface area contributed by atoms with Gasteiger partial charge in [0, 0.05) is 13.0 Å². The molecule has 0 aromatic carbocycles. The maximum atomic E-state index is 12.4. The molecule has 3 amide bonds. The van der Waals surface area contributed by atoms with Gasteiger partial charge in [-0.1, -0.05) is 6.92 Å².